The van der Waals surface area contributed by atoms with E-state index in [1.807, 2.05) is 31.5 Å². The van der Waals surface area contributed by atoms with Crippen LogP contribution in [0.5, 0.6) is 0 Å². The van der Waals surface area contributed by atoms with E-state index >= 15 is 0 Å². The van der Waals surface area contributed by atoms with E-state index in [0.29, 0.717) is 24.9 Å². The van der Waals surface area contributed by atoms with E-state index in [1.165, 1.54) is 0 Å². The normalized spacial score (nSPS) is 16.9. The van der Waals surface area contributed by atoms with Crippen molar-refractivity contribution in [2.45, 2.75) is 33.4 Å². The van der Waals surface area contributed by atoms with Crippen LogP contribution in [0.1, 0.15) is 37.4 Å². The number of piperazine rings is 1. The lowest BCUT2D eigenvalue weighted by atomic mass is 10.3. The third-order valence-corrected chi connectivity index (χ3v) is 4.79. The van der Waals surface area contributed by atoms with Gasteiger partial charge in [0.2, 0.25) is 5.89 Å². The van der Waals surface area contributed by atoms with Crippen LogP contribution >= 0.6 is 0 Å². The molecule has 0 saturated carbocycles. The van der Waals surface area contributed by atoms with Crippen LogP contribution in [0.2, 0.25) is 0 Å². The molecule has 9 nitrogen and oxygen atoms in total. The lowest BCUT2D eigenvalue weighted by molar-refractivity contribution is 0.0683. The number of rotatable bonds is 6. The van der Waals surface area contributed by atoms with Crippen molar-refractivity contribution in [1.82, 2.24) is 29.6 Å². The Kier molecular flexibility index (Phi) is 5.04. The summed E-state index contributed by atoms with van der Waals surface area (Å²) in [7, 11) is 0. The number of hydrogen-bond acceptors (Lipinski definition) is 8. The maximum Gasteiger partial charge on any atom is 0.240 e. The number of ether oxygens (including phenoxy) is 1. The molecule has 1 aliphatic heterocycles. The molecule has 144 valence electrons. The molecule has 0 amide bonds. The predicted octanol–water partition coefficient (Wildman–Crippen LogP) is 1.84. The van der Waals surface area contributed by atoms with Gasteiger partial charge in [0.05, 0.1) is 12.2 Å². The fourth-order valence-electron chi connectivity index (χ4n) is 3.41. The van der Waals surface area contributed by atoms with Gasteiger partial charge in [0.25, 0.3) is 0 Å². The van der Waals surface area contributed by atoms with E-state index in [2.05, 4.69) is 36.1 Å². The van der Waals surface area contributed by atoms with Crippen LogP contribution in [-0.2, 0) is 11.3 Å². The molecule has 1 aliphatic rings. The van der Waals surface area contributed by atoms with Gasteiger partial charge in [0.1, 0.15) is 11.6 Å². The zero-order chi connectivity index (χ0) is 18.8. The first-order valence-electron chi connectivity index (χ1n) is 9.36. The molecular weight excluding hydrogens is 346 g/mol. The third kappa shape index (κ3) is 3.79. The van der Waals surface area contributed by atoms with Crippen molar-refractivity contribution in [3.8, 4) is 0 Å². The highest BCUT2D eigenvalue weighted by Crippen LogP contribution is 2.21. The lowest BCUT2D eigenvalue weighted by Gasteiger charge is -2.34. The average molecular weight is 371 g/mol. The Morgan fingerprint density at radius 3 is 2.85 bits per heavy atom. The Morgan fingerprint density at radius 1 is 1.26 bits per heavy atom. The SMILES string of the molecule is CCOC(C)c1noc(CN2CCN(c3nccn4nc(C)cc34)CC2)n1. The second-order valence-electron chi connectivity index (χ2n) is 6.77. The summed E-state index contributed by atoms with van der Waals surface area (Å²) in [4.78, 5) is 13.7. The molecule has 0 aromatic carbocycles. The molecule has 0 radical (unpaired) electrons. The molecule has 9 heteroatoms. The smallest absolute Gasteiger partial charge is 0.240 e. The minimum Gasteiger partial charge on any atom is -0.371 e. The molecule has 0 aliphatic carbocycles. The highest BCUT2D eigenvalue weighted by molar-refractivity contribution is 5.69. The quantitative estimate of drug-likeness (QED) is 0.649. The summed E-state index contributed by atoms with van der Waals surface area (Å²) in [6, 6.07) is 2.08. The van der Waals surface area contributed by atoms with Gasteiger partial charge in [-0.05, 0) is 26.8 Å². The molecule has 4 rings (SSSR count). The van der Waals surface area contributed by atoms with Gasteiger partial charge in [0.15, 0.2) is 11.6 Å². The molecule has 4 heterocycles. The highest BCUT2D eigenvalue weighted by atomic mass is 16.5. The first kappa shape index (κ1) is 17.9. The Balaban J connectivity index is 1.38. The number of fused-ring (bicyclic) bond motifs is 1. The molecule has 0 spiro atoms. The van der Waals surface area contributed by atoms with Gasteiger partial charge in [-0.3, -0.25) is 4.90 Å². The van der Waals surface area contributed by atoms with Gasteiger partial charge in [-0.15, -0.1) is 0 Å². The van der Waals surface area contributed by atoms with Crippen molar-refractivity contribution in [1.29, 1.82) is 0 Å². The number of aromatic nitrogens is 5. The van der Waals surface area contributed by atoms with E-state index in [9.17, 15) is 0 Å². The summed E-state index contributed by atoms with van der Waals surface area (Å²) in [6.45, 7) is 10.8. The van der Waals surface area contributed by atoms with E-state index in [0.717, 1.165) is 43.2 Å². The van der Waals surface area contributed by atoms with Crippen LogP contribution in [-0.4, -0.2) is 62.4 Å². The summed E-state index contributed by atoms with van der Waals surface area (Å²) in [6.07, 6.45) is 3.55. The van der Waals surface area contributed by atoms with Gasteiger partial charge in [-0.25, -0.2) is 9.50 Å². The Labute approximate surface area is 157 Å². The van der Waals surface area contributed by atoms with Gasteiger partial charge in [-0.2, -0.15) is 10.1 Å². The maximum atomic E-state index is 5.51. The van der Waals surface area contributed by atoms with Crippen molar-refractivity contribution in [2.24, 2.45) is 0 Å². The molecule has 0 bridgehead atoms. The van der Waals surface area contributed by atoms with Crippen LogP contribution in [0.4, 0.5) is 5.82 Å². The van der Waals surface area contributed by atoms with Crippen molar-refractivity contribution in [3.05, 3.63) is 35.9 Å². The van der Waals surface area contributed by atoms with E-state index in [1.54, 1.807) is 6.20 Å². The predicted molar refractivity (Wildman–Crippen MR) is 99.6 cm³/mol. The van der Waals surface area contributed by atoms with Crippen molar-refractivity contribution in [3.63, 3.8) is 0 Å². The zero-order valence-electron chi connectivity index (χ0n) is 16.0. The first-order chi connectivity index (χ1) is 13.1. The van der Waals surface area contributed by atoms with Gasteiger partial charge >= 0.3 is 0 Å². The van der Waals surface area contributed by atoms with Crippen LogP contribution in [0.25, 0.3) is 5.52 Å². The molecule has 1 saturated heterocycles. The van der Waals surface area contributed by atoms with Crippen molar-refractivity contribution >= 4 is 11.3 Å². The zero-order valence-corrected chi connectivity index (χ0v) is 16.0. The molecule has 1 atom stereocenters. The number of anilines is 1. The summed E-state index contributed by atoms with van der Waals surface area (Å²) in [5.41, 5.74) is 2.05. The fourth-order valence-corrected chi connectivity index (χ4v) is 3.41. The van der Waals surface area contributed by atoms with E-state index < -0.39 is 0 Å². The topological polar surface area (TPSA) is 84.8 Å². The molecule has 1 unspecified atom stereocenters. The van der Waals surface area contributed by atoms with Crippen molar-refractivity contribution in [2.75, 3.05) is 37.7 Å². The number of nitrogens with zero attached hydrogens (tertiary/aromatic N) is 7. The van der Waals surface area contributed by atoms with E-state index in [-0.39, 0.29) is 6.10 Å². The average Bonchev–Trinajstić information content (AvgIpc) is 3.28. The molecule has 3 aromatic rings. The maximum absolute atomic E-state index is 5.51. The van der Waals surface area contributed by atoms with Crippen LogP contribution in [0.3, 0.4) is 0 Å². The first-order valence-corrected chi connectivity index (χ1v) is 9.36. The van der Waals surface area contributed by atoms with Gasteiger partial charge in [-0.1, -0.05) is 5.16 Å². The van der Waals surface area contributed by atoms with Crippen LogP contribution in [0.15, 0.2) is 23.0 Å². The summed E-state index contributed by atoms with van der Waals surface area (Å²) >= 11 is 0. The van der Waals surface area contributed by atoms with Crippen LogP contribution in [0, 0.1) is 6.92 Å². The van der Waals surface area contributed by atoms with Crippen LogP contribution < -0.4 is 4.90 Å². The summed E-state index contributed by atoms with van der Waals surface area (Å²) in [5.74, 6) is 2.23. The standard InChI is InChI=1S/C18H25N7O2/c1-4-26-14(3)17-20-16(27-22-17)12-23-7-9-24(10-8-23)18-15-11-13(2)21-25(15)6-5-19-18/h5-6,11,14H,4,7-10,12H2,1-3H3. The molecule has 27 heavy (non-hydrogen) atoms. The van der Waals surface area contributed by atoms with Gasteiger partial charge < -0.3 is 14.2 Å². The highest BCUT2D eigenvalue weighted by Gasteiger charge is 2.22. The number of hydrogen-bond donors (Lipinski definition) is 0. The second kappa shape index (κ2) is 7.61. The molecular formula is C18H25N7O2. The summed E-state index contributed by atoms with van der Waals surface area (Å²) in [5, 5.41) is 8.50. The minimum atomic E-state index is -0.143. The summed E-state index contributed by atoms with van der Waals surface area (Å²) < 4.78 is 12.8. The lowest BCUT2D eigenvalue weighted by Crippen LogP contribution is -2.46. The second-order valence-corrected chi connectivity index (χ2v) is 6.77. The molecule has 3 aromatic heterocycles. The number of aryl methyl sites for hydroxylation is 1. The molecule has 0 N–H and O–H groups in total. The monoisotopic (exact) mass is 371 g/mol. The van der Waals surface area contributed by atoms with Crippen molar-refractivity contribution < 1.29 is 9.26 Å². The Morgan fingerprint density at radius 2 is 2.07 bits per heavy atom. The molecule has 1 fully saturated rings. The Bertz CT molecular complexity index is 898. The van der Waals surface area contributed by atoms with E-state index in [4.69, 9.17) is 9.26 Å². The largest absolute Gasteiger partial charge is 0.371 e. The van der Waals surface area contributed by atoms with Gasteiger partial charge in [0, 0.05) is 45.2 Å². The minimum absolute atomic E-state index is 0.143. The Hall–Kier alpha value is -2.52. The fraction of sp³-hybridized carbons (Fsp3) is 0.556. The third-order valence-electron chi connectivity index (χ3n) is 4.79.